The first-order valence-electron chi connectivity index (χ1n) is 11.4. The largest absolute Gasteiger partial charge is 0.433 e. The lowest BCUT2D eigenvalue weighted by atomic mass is 9.99. The highest BCUT2D eigenvalue weighted by atomic mass is 19.4. The topological polar surface area (TPSA) is 78.4 Å². The molecule has 0 radical (unpaired) electrons. The number of alkyl halides is 3. The average Bonchev–Trinajstić information content (AvgIpc) is 3.28. The summed E-state index contributed by atoms with van der Waals surface area (Å²) in [6, 6.07) is 9.06. The number of quaternary nitrogens is 1. The number of benzene rings is 1. The predicted molar refractivity (Wildman–Crippen MR) is 133 cm³/mol. The number of rotatable bonds is 7. The highest BCUT2D eigenvalue weighted by Gasteiger charge is 2.32. The highest BCUT2D eigenvalue weighted by Crippen LogP contribution is 2.30. The molecule has 1 aromatic heterocycles. The molecule has 0 spiro atoms. The zero-order chi connectivity index (χ0) is 25.9. The fraction of sp³-hybridized carbons (Fsp3) is 0.269. The number of amides is 1. The molecule has 1 atom stereocenters. The molecule has 1 unspecified atom stereocenters. The number of nitrogens with zero attached hydrogens (tertiary/aromatic N) is 3. The Kier molecular flexibility index (Phi) is 6.98. The molecule has 3 heterocycles. The van der Waals surface area contributed by atoms with Gasteiger partial charge in [0.05, 0.1) is 25.2 Å². The minimum Gasteiger partial charge on any atom is -0.383 e. The van der Waals surface area contributed by atoms with Crippen molar-refractivity contribution in [1.82, 2.24) is 15.6 Å². The molecule has 1 amide bonds. The second kappa shape index (κ2) is 9.98. The molecular weight excluding hydrogens is 469 g/mol. The van der Waals surface area contributed by atoms with Gasteiger partial charge in [-0.25, -0.2) is 4.99 Å². The Hall–Kier alpha value is -3.92. The van der Waals surface area contributed by atoms with Crippen LogP contribution in [-0.2, 0) is 6.18 Å². The summed E-state index contributed by atoms with van der Waals surface area (Å²) in [4.78, 5) is 20.2. The van der Waals surface area contributed by atoms with Crippen LogP contribution in [0, 0.1) is 0 Å². The van der Waals surface area contributed by atoms with Gasteiger partial charge in [0.1, 0.15) is 24.3 Å². The van der Waals surface area contributed by atoms with Gasteiger partial charge < -0.3 is 16.0 Å². The van der Waals surface area contributed by atoms with Gasteiger partial charge in [0, 0.05) is 42.9 Å². The summed E-state index contributed by atoms with van der Waals surface area (Å²) in [5, 5.41) is 9.16. The van der Waals surface area contributed by atoms with Crippen LogP contribution in [0.25, 0.3) is 0 Å². The molecule has 3 N–H and O–H groups in total. The van der Waals surface area contributed by atoms with Gasteiger partial charge in [-0.3, -0.25) is 14.3 Å². The summed E-state index contributed by atoms with van der Waals surface area (Å²) >= 11 is 0. The van der Waals surface area contributed by atoms with Crippen molar-refractivity contribution >= 4 is 17.4 Å². The number of amidine groups is 1. The number of aromatic nitrogens is 1. The third-order valence-electron chi connectivity index (χ3n) is 5.87. The number of aliphatic imine (C=N–C) groups is 1. The van der Waals surface area contributed by atoms with E-state index in [1.54, 1.807) is 30.6 Å². The Balaban J connectivity index is 1.26. The highest BCUT2D eigenvalue weighted by molar-refractivity contribution is 6.04. The van der Waals surface area contributed by atoms with Crippen LogP contribution in [0.5, 0.6) is 0 Å². The third-order valence-corrected chi connectivity index (χ3v) is 5.87. The Morgan fingerprint density at radius 3 is 2.58 bits per heavy atom. The van der Waals surface area contributed by atoms with Crippen molar-refractivity contribution < 1.29 is 22.4 Å². The number of carbonyl (C=O) groups excluding carboxylic acids is 1. The molecule has 0 bridgehead atoms. The normalized spacial score (nSPS) is 17.6. The molecular formula is C26H28F3N6O+. The SMILES string of the molecule is CC(NC=CNC1=NC=C(C2=C[N+](C)(C)C2)C1)c1cccc(NC(=O)c2ccc(C(F)(F)F)nc2)c1. The van der Waals surface area contributed by atoms with Crippen LogP contribution < -0.4 is 16.0 Å². The van der Waals surface area contributed by atoms with Gasteiger partial charge in [-0.15, -0.1) is 0 Å². The average molecular weight is 498 g/mol. The van der Waals surface area contributed by atoms with Crippen molar-refractivity contribution in [3.8, 4) is 0 Å². The standard InChI is InChI=1S/C26H27F3N6O/c1-17(30-9-10-31-24-12-20(14-33-24)21-15-35(2,3)16-21)18-5-4-6-22(11-18)34-25(36)19-7-8-23(32-13-19)26(27,28)29/h4-11,13-15,17,30H,12,16H2,1-3H3,(H-,31,33,34,36)/p+1. The summed E-state index contributed by atoms with van der Waals surface area (Å²) in [5.74, 6) is 0.347. The van der Waals surface area contributed by atoms with Crippen LogP contribution in [0.15, 0.2) is 83.5 Å². The van der Waals surface area contributed by atoms with Crippen LogP contribution in [0.2, 0.25) is 0 Å². The summed E-state index contributed by atoms with van der Waals surface area (Å²) in [5.41, 5.74) is 3.03. The fourth-order valence-electron chi connectivity index (χ4n) is 3.94. The molecule has 2 aliphatic rings. The van der Waals surface area contributed by atoms with E-state index in [2.05, 4.69) is 46.2 Å². The lowest BCUT2D eigenvalue weighted by molar-refractivity contribution is -0.852. The molecule has 2 aliphatic heterocycles. The monoisotopic (exact) mass is 497 g/mol. The van der Waals surface area contributed by atoms with Gasteiger partial charge in [-0.05, 0) is 42.3 Å². The second-order valence-corrected chi connectivity index (χ2v) is 9.37. The molecule has 7 nitrogen and oxygen atoms in total. The molecule has 4 rings (SSSR count). The maximum absolute atomic E-state index is 12.7. The van der Waals surface area contributed by atoms with Gasteiger partial charge >= 0.3 is 6.18 Å². The van der Waals surface area contributed by atoms with E-state index in [1.165, 1.54) is 11.1 Å². The van der Waals surface area contributed by atoms with E-state index in [4.69, 9.17) is 0 Å². The Labute approximate surface area is 207 Å². The number of likely N-dealkylation sites (N-methyl/N-ethyl adjacent to an activating group) is 1. The number of nitrogens with one attached hydrogen (secondary N) is 3. The van der Waals surface area contributed by atoms with Gasteiger partial charge in [0.15, 0.2) is 0 Å². The molecule has 188 valence electrons. The molecule has 10 heteroatoms. The molecule has 0 saturated carbocycles. The number of pyridine rings is 1. The van der Waals surface area contributed by atoms with E-state index in [0.29, 0.717) is 5.69 Å². The Morgan fingerprint density at radius 2 is 1.92 bits per heavy atom. The van der Waals surface area contributed by atoms with Crippen LogP contribution in [-0.4, -0.2) is 41.8 Å². The van der Waals surface area contributed by atoms with Gasteiger partial charge in [0.2, 0.25) is 0 Å². The van der Waals surface area contributed by atoms with Gasteiger partial charge in [0.25, 0.3) is 5.91 Å². The van der Waals surface area contributed by atoms with Crippen molar-refractivity contribution in [3.63, 3.8) is 0 Å². The van der Waals surface area contributed by atoms with Crippen molar-refractivity contribution in [2.45, 2.75) is 25.6 Å². The van der Waals surface area contributed by atoms with Crippen molar-refractivity contribution in [1.29, 1.82) is 0 Å². The molecule has 36 heavy (non-hydrogen) atoms. The summed E-state index contributed by atoms with van der Waals surface area (Å²) < 4.78 is 38.9. The van der Waals surface area contributed by atoms with Gasteiger partial charge in [-0.2, -0.15) is 13.2 Å². The lowest BCUT2D eigenvalue weighted by Gasteiger charge is -2.35. The number of carbonyl (C=O) groups is 1. The Morgan fingerprint density at radius 1 is 1.14 bits per heavy atom. The van der Waals surface area contributed by atoms with E-state index in [9.17, 15) is 18.0 Å². The third kappa shape index (κ3) is 6.19. The lowest BCUT2D eigenvalue weighted by Crippen LogP contribution is -2.43. The van der Waals surface area contributed by atoms with E-state index in [0.717, 1.165) is 47.2 Å². The van der Waals surface area contributed by atoms with Crippen molar-refractivity contribution in [3.05, 3.63) is 95.4 Å². The Bertz CT molecular complexity index is 1260. The quantitative estimate of drug-likeness (QED) is 0.484. The molecule has 0 fully saturated rings. The van der Waals surface area contributed by atoms with E-state index in [1.807, 2.05) is 19.2 Å². The minimum absolute atomic E-state index is 0.0393. The first-order valence-corrected chi connectivity index (χ1v) is 11.4. The first kappa shape index (κ1) is 25.2. The summed E-state index contributed by atoms with van der Waals surface area (Å²) in [7, 11) is 4.32. The number of hydrogen-bond donors (Lipinski definition) is 3. The van der Waals surface area contributed by atoms with Crippen molar-refractivity contribution in [2.24, 2.45) is 4.99 Å². The van der Waals surface area contributed by atoms with Crippen molar-refractivity contribution in [2.75, 3.05) is 26.0 Å². The molecule has 0 saturated heterocycles. The maximum Gasteiger partial charge on any atom is 0.433 e. The molecule has 0 aliphatic carbocycles. The zero-order valence-electron chi connectivity index (χ0n) is 20.2. The number of anilines is 1. The summed E-state index contributed by atoms with van der Waals surface area (Å²) in [6.07, 6.45) is 4.89. The first-order chi connectivity index (χ1) is 17.0. The van der Waals surface area contributed by atoms with Crippen LogP contribution in [0.4, 0.5) is 18.9 Å². The fourth-order valence-corrected chi connectivity index (χ4v) is 3.94. The number of halogens is 3. The minimum atomic E-state index is -4.55. The van der Waals surface area contributed by atoms with E-state index >= 15 is 0 Å². The van der Waals surface area contributed by atoms with Crippen LogP contribution >= 0.6 is 0 Å². The smallest absolute Gasteiger partial charge is 0.383 e. The predicted octanol–water partition coefficient (Wildman–Crippen LogP) is 4.72. The molecule has 1 aromatic carbocycles. The van der Waals surface area contributed by atoms with Gasteiger partial charge in [-0.1, -0.05) is 12.1 Å². The van der Waals surface area contributed by atoms with E-state index < -0.39 is 17.8 Å². The second-order valence-electron chi connectivity index (χ2n) is 9.37. The van der Waals surface area contributed by atoms with Crippen LogP contribution in [0.1, 0.15) is 41.0 Å². The maximum atomic E-state index is 12.7. The number of hydrogen-bond acceptors (Lipinski definition) is 5. The summed E-state index contributed by atoms with van der Waals surface area (Å²) in [6.45, 7) is 2.99. The van der Waals surface area contributed by atoms with E-state index in [-0.39, 0.29) is 11.6 Å². The molecule has 2 aromatic rings. The zero-order valence-corrected chi connectivity index (χ0v) is 20.2. The van der Waals surface area contributed by atoms with Crippen LogP contribution in [0.3, 0.4) is 0 Å².